The van der Waals surface area contributed by atoms with E-state index in [0.29, 0.717) is 23.2 Å². The molecular formula is C33H28N6O2. The monoisotopic (exact) mass is 540 g/mol. The summed E-state index contributed by atoms with van der Waals surface area (Å²) in [7, 11) is 3.30. The van der Waals surface area contributed by atoms with Crippen molar-refractivity contribution in [3.05, 3.63) is 120 Å². The maximum absolute atomic E-state index is 5.74. The lowest BCUT2D eigenvalue weighted by molar-refractivity contribution is 0.354. The maximum Gasteiger partial charge on any atom is 0.179 e. The van der Waals surface area contributed by atoms with Gasteiger partial charge in [0.15, 0.2) is 29.0 Å². The topological polar surface area (TPSA) is 76.3 Å². The molecule has 3 heterocycles. The van der Waals surface area contributed by atoms with Gasteiger partial charge in [0.25, 0.3) is 0 Å². The summed E-state index contributed by atoms with van der Waals surface area (Å²) in [5, 5.41) is 8.54. The van der Waals surface area contributed by atoms with Gasteiger partial charge in [0, 0.05) is 11.3 Å². The fourth-order valence-electron chi connectivity index (χ4n) is 5.54. The number of aromatic nitrogens is 2. The number of anilines is 2. The van der Waals surface area contributed by atoms with Crippen LogP contribution in [0, 0.1) is 6.92 Å². The van der Waals surface area contributed by atoms with E-state index in [9.17, 15) is 0 Å². The highest BCUT2D eigenvalue weighted by atomic mass is 16.5. The molecule has 0 unspecified atom stereocenters. The van der Waals surface area contributed by atoms with E-state index in [1.165, 1.54) is 0 Å². The average Bonchev–Trinajstić information content (AvgIpc) is 3.36. The first-order valence-corrected chi connectivity index (χ1v) is 13.4. The Labute approximate surface area is 238 Å². The molecule has 0 fully saturated rings. The fourth-order valence-corrected chi connectivity index (χ4v) is 5.54. The zero-order valence-corrected chi connectivity index (χ0v) is 22.9. The molecule has 8 heteroatoms. The molecule has 0 amide bonds. The van der Waals surface area contributed by atoms with E-state index >= 15 is 0 Å². The highest BCUT2D eigenvalue weighted by Crippen LogP contribution is 2.49. The van der Waals surface area contributed by atoms with Gasteiger partial charge in [-0.15, -0.1) is 0 Å². The van der Waals surface area contributed by atoms with Crippen LogP contribution in [-0.2, 0) is 0 Å². The van der Waals surface area contributed by atoms with Crippen molar-refractivity contribution >= 4 is 34.6 Å². The van der Waals surface area contributed by atoms with Crippen molar-refractivity contribution in [2.24, 2.45) is 9.98 Å². The number of aliphatic imine (C=N–C) groups is 2. The number of nitrogens with zero attached hydrogens (tertiary/aromatic N) is 5. The highest BCUT2D eigenvalue weighted by Gasteiger charge is 2.41. The minimum Gasteiger partial charge on any atom is -0.493 e. The second-order valence-corrected chi connectivity index (χ2v) is 9.83. The summed E-state index contributed by atoms with van der Waals surface area (Å²) in [4.78, 5) is 12.6. The molecule has 0 bridgehead atoms. The Morgan fingerprint density at radius 2 is 1.46 bits per heavy atom. The molecule has 7 rings (SSSR count). The van der Waals surface area contributed by atoms with Crippen molar-refractivity contribution in [2.75, 3.05) is 24.4 Å². The lowest BCUT2D eigenvalue weighted by atomic mass is 9.93. The van der Waals surface area contributed by atoms with Crippen molar-refractivity contribution in [1.82, 2.24) is 9.78 Å². The van der Waals surface area contributed by atoms with Crippen LogP contribution in [-0.4, -0.2) is 35.7 Å². The van der Waals surface area contributed by atoms with Crippen LogP contribution >= 0.6 is 0 Å². The van der Waals surface area contributed by atoms with Crippen molar-refractivity contribution in [3.63, 3.8) is 0 Å². The number of nitrogens with one attached hydrogen (secondary N) is 1. The van der Waals surface area contributed by atoms with Gasteiger partial charge in [-0.2, -0.15) is 5.10 Å². The van der Waals surface area contributed by atoms with E-state index in [1.54, 1.807) is 14.2 Å². The summed E-state index contributed by atoms with van der Waals surface area (Å²) < 4.78 is 13.2. The Balaban J connectivity index is 1.51. The Morgan fingerprint density at radius 1 is 0.756 bits per heavy atom. The summed E-state index contributed by atoms with van der Waals surface area (Å²) >= 11 is 0. The second-order valence-electron chi connectivity index (χ2n) is 9.83. The lowest BCUT2D eigenvalue weighted by Gasteiger charge is -2.40. The molecule has 0 saturated heterocycles. The number of fused-ring (bicyclic) bond motifs is 4. The van der Waals surface area contributed by atoms with Crippen LogP contribution < -0.4 is 19.7 Å². The number of rotatable bonds is 5. The molecule has 41 heavy (non-hydrogen) atoms. The molecule has 5 aromatic rings. The quantitative estimate of drug-likeness (QED) is 0.260. The highest BCUT2D eigenvalue weighted by molar-refractivity contribution is 6.51. The van der Waals surface area contributed by atoms with Crippen LogP contribution in [0.3, 0.4) is 0 Å². The van der Waals surface area contributed by atoms with Crippen LogP contribution in [0.5, 0.6) is 11.5 Å². The summed E-state index contributed by atoms with van der Waals surface area (Å²) in [5.41, 5.74) is 6.60. The molecule has 2 aliphatic heterocycles. The molecule has 0 saturated carbocycles. The minimum absolute atomic E-state index is 0.265. The number of amidine groups is 2. The van der Waals surface area contributed by atoms with Crippen LogP contribution in [0.15, 0.2) is 113 Å². The van der Waals surface area contributed by atoms with E-state index in [2.05, 4.69) is 22.3 Å². The standard InChI is InChI=1S/C33H28N6O2/c1-21-29-30(22-18-19-27(40-2)28(20-22)41-3)38-26-17-11-10-16-25(26)35-31(34-23-12-6-4-7-13-23)33(38)36-32(29)39(37-21)24-14-8-5-9-15-24/h4-20,30H,1-3H3,(H,34,35)/t30-/m0/s1. The number of methoxy groups -OCH3 is 2. The maximum atomic E-state index is 5.74. The van der Waals surface area contributed by atoms with E-state index in [0.717, 1.165) is 45.4 Å². The molecule has 8 nitrogen and oxygen atoms in total. The average molecular weight is 541 g/mol. The van der Waals surface area contributed by atoms with Gasteiger partial charge in [0.1, 0.15) is 0 Å². The Hall–Kier alpha value is -5.37. The normalized spacial score (nSPS) is 15.2. The van der Waals surface area contributed by atoms with Crippen LogP contribution in [0.25, 0.3) is 5.69 Å². The summed E-state index contributed by atoms with van der Waals surface area (Å²) in [6, 6.07) is 34.1. The lowest BCUT2D eigenvalue weighted by Crippen LogP contribution is -2.46. The first-order valence-electron chi connectivity index (χ1n) is 13.4. The molecule has 0 aliphatic carbocycles. The van der Waals surface area contributed by atoms with Gasteiger partial charge in [-0.25, -0.2) is 14.7 Å². The van der Waals surface area contributed by atoms with Crippen molar-refractivity contribution in [1.29, 1.82) is 0 Å². The molecule has 2 aliphatic rings. The molecule has 1 atom stereocenters. The smallest absolute Gasteiger partial charge is 0.179 e. The third-order valence-corrected chi connectivity index (χ3v) is 7.40. The van der Waals surface area contributed by atoms with E-state index in [1.807, 2.05) is 103 Å². The van der Waals surface area contributed by atoms with Gasteiger partial charge in [0.05, 0.1) is 43.0 Å². The van der Waals surface area contributed by atoms with Crippen LogP contribution in [0.1, 0.15) is 22.9 Å². The minimum atomic E-state index is -0.265. The molecule has 0 radical (unpaired) electrons. The van der Waals surface area contributed by atoms with Crippen LogP contribution in [0.4, 0.5) is 22.9 Å². The third kappa shape index (κ3) is 4.12. The molecule has 1 N–H and O–H groups in total. The predicted molar refractivity (Wildman–Crippen MR) is 163 cm³/mol. The third-order valence-electron chi connectivity index (χ3n) is 7.40. The molecule has 0 spiro atoms. The number of ether oxygens (including phenoxy) is 2. The molecule has 1 aromatic heterocycles. The van der Waals surface area contributed by atoms with Crippen molar-refractivity contribution in [2.45, 2.75) is 13.0 Å². The number of benzene rings is 4. The van der Waals surface area contributed by atoms with E-state index in [-0.39, 0.29) is 6.04 Å². The van der Waals surface area contributed by atoms with Gasteiger partial charge in [-0.1, -0.05) is 54.6 Å². The van der Waals surface area contributed by atoms with Crippen molar-refractivity contribution in [3.8, 4) is 17.2 Å². The van der Waals surface area contributed by atoms with Gasteiger partial charge in [-0.05, 0) is 61.0 Å². The first-order chi connectivity index (χ1) is 20.2. The second kappa shape index (κ2) is 9.98. The van der Waals surface area contributed by atoms with E-state index in [4.69, 9.17) is 24.6 Å². The summed E-state index contributed by atoms with van der Waals surface area (Å²) in [6.45, 7) is 2.04. The van der Waals surface area contributed by atoms with E-state index < -0.39 is 0 Å². The SMILES string of the molecule is COc1ccc([C@H]2c3c(C)nn(-c4ccccc4)c3N=C3C(Nc4ccccc4)=Nc4ccccc4N32)cc1OC. The number of hydrogen-bond acceptors (Lipinski definition) is 7. The summed E-state index contributed by atoms with van der Waals surface area (Å²) in [6.07, 6.45) is 0. The van der Waals surface area contributed by atoms with Gasteiger partial charge >= 0.3 is 0 Å². The zero-order valence-electron chi connectivity index (χ0n) is 22.9. The first kappa shape index (κ1) is 24.7. The van der Waals surface area contributed by atoms with Crippen LogP contribution in [0.2, 0.25) is 0 Å². The van der Waals surface area contributed by atoms with Crippen molar-refractivity contribution < 1.29 is 9.47 Å². The van der Waals surface area contributed by atoms with Gasteiger partial charge in [-0.3, -0.25) is 0 Å². The molecule has 4 aromatic carbocycles. The largest absolute Gasteiger partial charge is 0.493 e. The number of hydrogen-bond donors (Lipinski definition) is 1. The summed E-state index contributed by atoms with van der Waals surface area (Å²) in [5.74, 6) is 3.46. The Bertz CT molecular complexity index is 1810. The fraction of sp³-hybridized carbons (Fsp3) is 0.121. The van der Waals surface area contributed by atoms with Gasteiger partial charge < -0.3 is 19.7 Å². The number of para-hydroxylation sites is 4. The van der Waals surface area contributed by atoms with Gasteiger partial charge in [0.2, 0.25) is 0 Å². The molecule has 202 valence electrons. The Morgan fingerprint density at radius 3 is 2.22 bits per heavy atom. The predicted octanol–water partition coefficient (Wildman–Crippen LogP) is 6.99. The zero-order chi connectivity index (χ0) is 27.9. The Kier molecular flexibility index (Phi) is 6.00. The number of aryl methyl sites for hydroxylation is 1. The molecular weight excluding hydrogens is 512 g/mol.